The second kappa shape index (κ2) is 7.39. The van der Waals surface area contributed by atoms with E-state index in [-0.39, 0.29) is 12.2 Å². The highest BCUT2D eigenvalue weighted by atomic mass is 31.0. The van der Waals surface area contributed by atoms with Crippen molar-refractivity contribution in [2.24, 2.45) is 0 Å². The highest BCUT2D eigenvalue weighted by molar-refractivity contribution is 7.10. The second-order valence-electron chi connectivity index (χ2n) is 2.42. The number of hydrogen-bond acceptors (Lipinski definition) is 3. The van der Waals surface area contributed by atoms with Gasteiger partial charge in [-0.2, -0.15) is 0 Å². The molecule has 4 unspecified atom stereocenters. The van der Waals surface area contributed by atoms with Crippen LogP contribution in [0.2, 0.25) is 0 Å². The Morgan fingerprint density at radius 2 is 1.73 bits per heavy atom. The van der Waals surface area contributed by atoms with Gasteiger partial charge in [-0.3, -0.25) is 0 Å². The van der Waals surface area contributed by atoms with E-state index in [9.17, 15) is 0 Å². The van der Waals surface area contributed by atoms with Crippen molar-refractivity contribution >= 4 is 18.9 Å². The zero-order chi connectivity index (χ0) is 8.69. The van der Waals surface area contributed by atoms with Gasteiger partial charge in [-0.25, -0.2) is 0 Å². The molecular formula is C6H16O3P2. The van der Waals surface area contributed by atoms with E-state index in [0.29, 0.717) is 13.2 Å². The van der Waals surface area contributed by atoms with E-state index in [2.05, 4.69) is 18.9 Å². The van der Waals surface area contributed by atoms with Crippen molar-refractivity contribution in [3.63, 3.8) is 0 Å². The molecule has 0 aromatic heterocycles. The highest BCUT2D eigenvalue weighted by Gasteiger charge is 2.04. The van der Waals surface area contributed by atoms with Crippen LogP contribution < -0.4 is 0 Å². The van der Waals surface area contributed by atoms with Crippen molar-refractivity contribution < 1.29 is 13.8 Å². The normalized spacial score (nSPS) is 16.4. The topological polar surface area (TPSA) is 27.7 Å². The molecule has 0 spiro atoms. The van der Waals surface area contributed by atoms with E-state index in [4.69, 9.17) is 13.8 Å². The van der Waals surface area contributed by atoms with Gasteiger partial charge in [0.15, 0.2) is 0 Å². The summed E-state index contributed by atoms with van der Waals surface area (Å²) < 4.78 is 15.1. The van der Waals surface area contributed by atoms with Gasteiger partial charge in [0, 0.05) is 18.9 Å². The minimum atomic E-state index is 0.118. The minimum absolute atomic E-state index is 0.118. The molecular weight excluding hydrogens is 182 g/mol. The van der Waals surface area contributed by atoms with Crippen LogP contribution in [-0.2, 0) is 13.8 Å². The minimum Gasteiger partial charge on any atom is -0.373 e. The lowest BCUT2D eigenvalue weighted by Gasteiger charge is -2.14. The van der Waals surface area contributed by atoms with Crippen molar-refractivity contribution in [1.29, 1.82) is 0 Å². The van der Waals surface area contributed by atoms with E-state index < -0.39 is 0 Å². The molecule has 0 amide bonds. The Bertz CT molecular complexity index is 91.9. The van der Waals surface area contributed by atoms with Gasteiger partial charge < -0.3 is 13.8 Å². The molecule has 0 radical (unpaired) electrons. The molecule has 0 saturated heterocycles. The van der Waals surface area contributed by atoms with Crippen LogP contribution in [0.5, 0.6) is 0 Å². The van der Waals surface area contributed by atoms with Crippen molar-refractivity contribution in [2.75, 3.05) is 13.2 Å². The van der Waals surface area contributed by atoms with Gasteiger partial charge in [-0.05, 0) is 13.8 Å². The van der Waals surface area contributed by atoms with Crippen molar-refractivity contribution in [2.45, 2.75) is 26.1 Å². The lowest BCUT2D eigenvalue weighted by molar-refractivity contribution is 0.00129. The van der Waals surface area contributed by atoms with Crippen LogP contribution in [0.25, 0.3) is 0 Å². The Morgan fingerprint density at radius 3 is 2.18 bits per heavy atom. The van der Waals surface area contributed by atoms with Crippen molar-refractivity contribution in [3.8, 4) is 0 Å². The molecule has 5 heteroatoms. The molecule has 11 heavy (non-hydrogen) atoms. The second-order valence-corrected chi connectivity index (χ2v) is 3.03. The Labute approximate surface area is 72.7 Å². The van der Waals surface area contributed by atoms with Crippen LogP contribution >= 0.6 is 18.9 Å². The third-order valence-electron chi connectivity index (χ3n) is 1.18. The number of hydrogen-bond donors (Lipinski definition) is 0. The summed E-state index contributed by atoms with van der Waals surface area (Å²) in [6, 6.07) is 0. The van der Waals surface area contributed by atoms with Gasteiger partial charge in [-0.15, -0.1) is 0 Å². The third-order valence-corrected chi connectivity index (χ3v) is 1.84. The van der Waals surface area contributed by atoms with Gasteiger partial charge >= 0.3 is 0 Å². The maximum atomic E-state index is 5.36. The highest BCUT2D eigenvalue weighted by Crippen LogP contribution is 2.01. The molecule has 0 rings (SSSR count). The Hall–Kier alpha value is 0.740. The van der Waals surface area contributed by atoms with Crippen molar-refractivity contribution in [1.82, 2.24) is 0 Å². The summed E-state index contributed by atoms with van der Waals surface area (Å²) in [5, 5.41) is 0. The zero-order valence-electron chi connectivity index (χ0n) is 6.95. The van der Waals surface area contributed by atoms with Gasteiger partial charge in [0.05, 0.1) is 25.4 Å². The third kappa shape index (κ3) is 7.11. The SMILES string of the molecule is CC(COC(C)COP)OP. The van der Waals surface area contributed by atoms with Crippen LogP contribution in [0.3, 0.4) is 0 Å². The summed E-state index contributed by atoms with van der Waals surface area (Å²) in [7, 11) is 4.41. The summed E-state index contributed by atoms with van der Waals surface area (Å²) in [6.45, 7) is 5.09. The molecule has 0 bridgehead atoms. The molecule has 0 aromatic rings. The van der Waals surface area contributed by atoms with E-state index in [1.54, 1.807) is 0 Å². The first-order chi connectivity index (χ1) is 5.20. The largest absolute Gasteiger partial charge is 0.373 e. The molecule has 0 N–H and O–H groups in total. The van der Waals surface area contributed by atoms with Crippen LogP contribution in [0.1, 0.15) is 13.8 Å². The van der Waals surface area contributed by atoms with Gasteiger partial charge in [0.1, 0.15) is 0 Å². The standard InChI is InChI=1S/C6H16O3P2/c1-5(4-8-10)7-3-6(2)9-11/h5-6H,3-4,10-11H2,1-2H3. The lowest BCUT2D eigenvalue weighted by atomic mass is 10.4. The quantitative estimate of drug-likeness (QED) is 0.603. The number of rotatable bonds is 6. The first-order valence-corrected chi connectivity index (χ1v) is 4.43. The summed E-state index contributed by atoms with van der Waals surface area (Å²) >= 11 is 0. The molecule has 0 aliphatic rings. The van der Waals surface area contributed by atoms with Gasteiger partial charge in [-0.1, -0.05) is 0 Å². The average Bonchev–Trinajstić information content (AvgIpc) is 2.01. The molecule has 68 valence electrons. The Balaban J connectivity index is 3.22. The predicted octanol–water partition coefficient (Wildman–Crippen LogP) is 1.39. The van der Waals surface area contributed by atoms with Crippen LogP contribution in [-0.4, -0.2) is 25.4 Å². The fourth-order valence-electron chi connectivity index (χ4n) is 0.523. The van der Waals surface area contributed by atoms with Crippen LogP contribution in [0.15, 0.2) is 0 Å². The van der Waals surface area contributed by atoms with E-state index >= 15 is 0 Å². The molecule has 3 nitrogen and oxygen atoms in total. The summed E-state index contributed by atoms with van der Waals surface area (Å²) in [5.74, 6) is 0. The van der Waals surface area contributed by atoms with Gasteiger partial charge in [0.2, 0.25) is 0 Å². The Morgan fingerprint density at radius 1 is 1.09 bits per heavy atom. The van der Waals surface area contributed by atoms with Gasteiger partial charge in [0.25, 0.3) is 0 Å². The molecule has 0 heterocycles. The average molecular weight is 198 g/mol. The molecule has 0 aliphatic carbocycles. The molecule has 0 aromatic carbocycles. The lowest BCUT2D eigenvalue weighted by Crippen LogP contribution is -2.20. The fourth-order valence-corrected chi connectivity index (χ4v) is 0.872. The zero-order valence-corrected chi connectivity index (χ0v) is 9.26. The van der Waals surface area contributed by atoms with E-state index in [1.807, 2.05) is 13.8 Å². The summed E-state index contributed by atoms with van der Waals surface area (Å²) in [4.78, 5) is 0. The molecule has 0 fully saturated rings. The molecule has 4 atom stereocenters. The van der Waals surface area contributed by atoms with Crippen LogP contribution in [0, 0.1) is 0 Å². The molecule has 0 saturated carbocycles. The Kier molecular flexibility index (Phi) is 7.89. The number of ether oxygens (including phenoxy) is 1. The smallest absolute Gasteiger partial charge is 0.0816 e. The molecule has 0 aliphatic heterocycles. The van der Waals surface area contributed by atoms with Crippen molar-refractivity contribution in [3.05, 3.63) is 0 Å². The maximum absolute atomic E-state index is 5.36. The fraction of sp³-hybridized carbons (Fsp3) is 1.00. The summed E-state index contributed by atoms with van der Waals surface area (Å²) in [6.07, 6.45) is 0.238. The first kappa shape index (κ1) is 11.7. The predicted molar refractivity (Wildman–Crippen MR) is 51.3 cm³/mol. The monoisotopic (exact) mass is 198 g/mol. The first-order valence-electron chi connectivity index (χ1n) is 3.49. The maximum Gasteiger partial charge on any atom is 0.0816 e. The van der Waals surface area contributed by atoms with E-state index in [0.717, 1.165) is 0 Å². The summed E-state index contributed by atoms with van der Waals surface area (Å²) in [5.41, 5.74) is 0. The van der Waals surface area contributed by atoms with Crippen LogP contribution in [0.4, 0.5) is 0 Å². The van der Waals surface area contributed by atoms with E-state index in [1.165, 1.54) is 0 Å².